The number of nitrogens with one attached hydrogen (secondary N) is 1. The summed E-state index contributed by atoms with van der Waals surface area (Å²) in [4.78, 5) is 25.1. The first-order valence-corrected chi connectivity index (χ1v) is 8.89. The van der Waals surface area contributed by atoms with Gasteiger partial charge in [0.05, 0.1) is 18.8 Å². The van der Waals surface area contributed by atoms with Crippen molar-refractivity contribution in [1.82, 2.24) is 0 Å². The van der Waals surface area contributed by atoms with E-state index in [1.807, 2.05) is 13.8 Å². The molecule has 1 aliphatic heterocycles. The summed E-state index contributed by atoms with van der Waals surface area (Å²) in [6.07, 6.45) is 1.39. The normalized spacial score (nSPS) is 13.2. The summed E-state index contributed by atoms with van der Waals surface area (Å²) in [6, 6.07) is 4.97. The van der Waals surface area contributed by atoms with Crippen LogP contribution in [-0.2, 0) is 6.42 Å². The predicted molar refractivity (Wildman–Crippen MR) is 95.4 cm³/mol. The van der Waals surface area contributed by atoms with Crippen molar-refractivity contribution in [2.45, 2.75) is 26.7 Å². The van der Waals surface area contributed by atoms with E-state index < -0.39 is 5.97 Å². The summed E-state index contributed by atoms with van der Waals surface area (Å²) in [5, 5.41) is 12.6. The molecule has 0 spiro atoms. The lowest BCUT2D eigenvalue weighted by Gasteiger charge is -2.10. The Morgan fingerprint density at radius 1 is 1.24 bits per heavy atom. The van der Waals surface area contributed by atoms with Crippen LogP contribution < -0.4 is 14.8 Å². The number of carboxylic acids is 1. The molecule has 6 nitrogen and oxygen atoms in total. The van der Waals surface area contributed by atoms with Gasteiger partial charge >= 0.3 is 5.97 Å². The van der Waals surface area contributed by atoms with Gasteiger partial charge in [-0.1, -0.05) is 6.92 Å². The quantitative estimate of drug-likeness (QED) is 0.867. The standard InChI is InChI=1S/C18H19NO5S/c1-3-12-10(2)25-17(15(12)18(21)22)19-16(20)11-5-6-13-14(9-11)24-8-4-7-23-13/h5-6,9H,3-4,7-8H2,1-2H3,(H,19,20)(H,21,22). The molecule has 0 fully saturated rings. The molecule has 0 atom stereocenters. The van der Waals surface area contributed by atoms with E-state index in [0.29, 0.717) is 41.7 Å². The van der Waals surface area contributed by atoms with Gasteiger partial charge in [0.15, 0.2) is 11.5 Å². The van der Waals surface area contributed by atoms with E-state index >= 15 is 0 Å². The average molecular weight is 361 g/mol. The first-order valence-electron chi connectivity index (χ1n) is 8.07. The molecule has 0 saturated heterocycles. The number of carbonyl (C=O) groups excluding carboxylic acids is 1. The molecule has 0 radical (unpaired) electrons. The molecule has 1 aromatic carbocycles. The molecule has 132 valence electrons. The Morgan fingerprint density at radius 2 is 1.96 bits per heavy atom. The summed E-state index contributed by atoms with van der Waals surface area (Å²) in [5.41, 5.74) is 1.32. The maximum Gasteiger partial charge on any atom is 0.339 e. The van der Waals surface area contributed by atoms with Gasteiger partial charge in [-0.15, -0.1) is 11.3 Å². The molecule has 2 aromatic rings. The Kier molecular flexibility index (Phi) is 4.94. The number of carboxylic acid groups (broad SMARTS) is 1. The van der Waals surface area contributed by atoms with Gasteiger partial charge in [-0.25, -0.2) is 4.79 Å². The van der Waals surface area contributed by atoms with Crippen LogP contribution >= 0.6 is 11.3 Å². The molecule has 0 aliphatic carbocycles. The van der Waals surface area contributed by atoms with Gasteiger partial charge in [0.2, 0.25) is 0 Å². The molecule has 1 aromatic heterocycles. The Morgan fingerprint density at radius 3 is 2.64 bits per heavy atom. The van der Waals surface area contributed by atoms with Crippen LogP contribution in [0.5, 0.6) is 11.5 Å². The van der Waals surface area contributed by atoms with Crippen LogP contribution in [-0.4, -0.2) is 30.2 Å². The minimum atomic E-state index is -1.03. The lowest BCUT2D eigenvalue weighted by atomic mass is 10.1. The fourth-order valence-corrected chi connectivity index (χ4v) is 3.93. The van der Waals surface area contributed by atoms with Crippen LogP contribution in [0.2, 0.25) is 0 Å². The molecule has 1 aliphatic rings. The van der Waals surface area contributed by atoms with Crippen LogP contribution in [0.4, 0.5) is 5.00 Å². The van der Waals surface area contributed by atoms with Crippen molar-refractivity contribution >= 4 is 28.2 Å². The highest BCUT2D eigenvalue weighted by molar-refractivity contribution is 7.16. The second-order valence-corrected chi connectivity index (χ2v) is 6.89. The van der Waals surface area contributed by atoms with Crippen molar-refractivity contribution < 1.29 is 24.2 Å². The number of anilines is 1. The molecular formula is C18H19NO5S. The number of carbonyl (C=O) groups is 2. The largest absolute Gasteiger partial charge is 0.490 e. The molecule has 7 heteroatoms. The molecule has 1 amide bonds. The molecular weight excluding hydrogens is 342 g/mol. The van der Waals surface area contributed by atoms with Crippen molar-refractivity contribution in [3.63, 3.8) is 0 Å². The first-order chi connectivity index (χ1) is 12.0. The number of thiophene rings is 1. The van der Waals surface area contributed by atoms with E-state index in [-0.39, 0.29) is 11.5 Å². The third kappa shape index (κ3) is 3.46. The zero-order valence-electron chi connectivity index (χ0n) is 14.0. The van der Waals surface area contributed by atoms with Gasteiger partial charge in [-0.05, 0) is 37.1 Å². The summed E-state index contributed by atoms with van der Waals surface area (Å²) in [5.74, 6) is -0.266. The van der Waals surface area contributed by atoms with Gasteiger partial charge in [-0.2, -0.15) is 0 Å². The van der Waals surface area contributed by atoms with E-state index in [2.05, 4.69) is 5.32 Å². The zero-order chi connectivity index (χ0) is 18.0. The van der Waals surface area contributed by atoms with Gasteiger partial charge in [0, 0.05) is 16.9 Å². The van der Waals surface area contributed by atoms with Crippen molar-refractivity contribution in [1.29, 1.82) is 0 Å². The number of ether oxygens (including phenoxy) is 2. The van der Waals surface area contributed by atoms with Gasteiger partial charge < -0.3 is 19.9 Å². The number of hydrogen-bond acceptors (Lipinski definition) is 5. The number of rotatable bonds is 4. The van der Waals surface area contributed by atoms with Gasteiger partial charge in [0.1, 0.15) is 5.00 Å². The van der Waals surface area contributed by atoms with Crippen LogP contribution in [0.1, 0.15) is 44.5 Å². The van der Waals surface area contributed by atoms with E-state index in [1.54, 1.807) is 18.2 Å². The second-order valence-electron chi connectivity index (χ2n) is 5.67. The smallest absolute Gasteiger partial charge is 0.339 e. The summed E-state index contributed by atoms with van der Waals surface area (Å²) >= 11 is 1.28. The van der Waals surface area contributed by atoms with E-state index in [0.717, 1.165) is 16.9 Å². The van der Waals surface area contributed by atoms with Crippen LogP contribution in [0.25, 0.3) is 0 Å². The maximum absolute atomic E-state index is 12.6. The number of aryl methyl sites for hydroxylation is 1. The number of aromatic carboxylic acids is 1. The second kappa shape index (κ2) is 7.14. The summed E-state index contributed by atoms with van der Waals surface area (Å²) in [6.45, 7) is 4.87. The predicted octanol–water partition coefficient (Wildman–Crippen LogP) is 3.73. The highest BCUT2D eigenvalue weighted by atomic mass is 32.1. The van der Waals surface area contributed by atoms with E-state index in [4.69, 9.17) is 9.47 Å². The highest BCUT2D eigenvalue weighted by Gasteiger charge is 2.23. The fraction of sp³-hybridized carbons (Fsp3) is 0.333. The lowest BCUT2D eigenvalue weighted by Crippen LogP contribution is -2.14. The fourth-order valence-electron chi connectivity index (χ4n) is 2.80. The van der Waals surface area contributed by atoms with Gasteiger partial charge in [0.25, 0.3) is 5.91 Å². The minimum absolute atomic E-state index is 0.174. The minimum Gasteiger partial charge on any atom is -0.490 e. The van der Waals surface area contributed by atoms with Crippen molar-refractivity contribution in [2.24, 2.45) is 0 Å². The Balaban J connectivity index is 1.88. The number of benzene rings is 1. The van der Waals surface area contributed by atoms with Crippen molar-refractivity contribution in [3.05, 3.63) is 39.8 Å². The number of hydrogen-bond donors (Lipinski definition) is 2. The van der Waals surface area contributed by atoms with Gasteiger partial charge in [-0.3, -0.25) is 4.79 Å². The average Bonchev–Trinajstić information content (AvgIpc) is 2.75. The first kappa shape index (κ1) is 17.3. The Bertz CT molecular complexity index is 827. The number of fused-ring (bicyclic) bond motifs is 1. The van der Waals surface area contributed by atoms with Crippen LogP contribution in [0, 0.1) is 6.92 Å². The van der Waals surface area contributed by atoms with E-state index in [1.165, 1.54) is 11.3 Å². The van der Waals surface area contributed by atoms with Crippen molar-refractivity contribution in [3.8, 4) is 11.5 Å². The molecule has 0 unspecified atom stereocenters. The molecule has 0 bridgehead atoms. The Labute approximate surface area is 149 Å². The van der Waals surface area contributed by atoms with Crippen LogP contribution in [0.15, 0.2) is 18.2 Å². The molecule has 25 heavy (non-hydrogen) atoms. The zero-order valence-corrected chi connectivity index (χ0v) is 14.9. The molecule has 0 saturated carbocycles. The topological polar surface area (TPSA) is 84.9 Å². The highest BCUT2D eigenvalue weighted by Crippen LogP contribution is 2.35. The summed E-state index contributed by atoms with van der Waals surface area (Å²) < 4.78 is 11.1. The number of amides is 1. The molecule has 2 N–H and O–H groups in total. The lowest BCUT2D eigenvalue weighted by molar-refractivity contribution is 0.0697. The Hall–Kier alpha value is -2.54. The molecule has 2 heterocycles. The van der Waals surface area contributed by atoms with Crippen molar-refractivity contribution in [2.75, 3.05) is 18.5 Å². The van der Waals surface area contributed by atoms with E-state index in [9.17, 15) is 14.7 Å². The van der Waals surface area contributed by atoms with Crippen LogP contribution in [0.3, 0.4) is 0 Å². The third-order valence-electron chi connectivity index (χ3n) is 4.01. The monoisotopic (exact) mass is 361 g/mol. The third-order valence-corrected chi connectivity index (χ3v) is 5.08. The molecule has 3 rings (SSSR count). The SMILES string of the molecule is CCc1c(C)sc(NC(=O)c2ccc3c(c2)OCCCO3)c1C(=O)O. The maximum atomic E-state index is 12.6. The summed E-state index contributed by atoms with van der Waals surface area (Å²) in [7, 11) is 0.